The Balaban J connectivity index is 1.63. The highest BCUT2D eigenvalue weighted by molar-refractivity contribution is 5.80. The first-order chi connectivity index (χ1) is 12.6. The van der Waals surface area contributed by atoms with Gasteiger partial charge < -0.3 is 14.5 Å². The van der Waals surface area contributed by atoms with Crippen molar-refractivity contribution in [2.24, 2.45) is 0 Å². The zero-order chi connectivity index (χ0) is 18.3. The van der Waals surface area contributed by atoms with Crippen LogP contribution < -0.4 is 15.3 Å². The standard InChI is InChI=1S/C19H19N3O4/c1-20(19(24)26-15-8-4-3-5-9-15)14-11-13-7-6-10-16-17(13)21(12-14)18(23)22(16)25-2/h3-10,14H,11-12H2,1-2H3/t14-/m1/s1. The van der Waals surface area contributed by atoms with Crippen LogP contribution in [0.5, 0.6) is 5.75 Å². The number of nitrogens with zero attached hydrogens (tertiary/aromatic N) is 3. The molecular weight excluding hydrogens is 334 g/mol. The van der Waals surface area contributed by atoms with Crippen LogP contribution in [0.3, 0.4) is 0 Å². The quantitative estimate of drug-likeness (QED) is 0.722. The van der Waals surface area contributed by atoms with Gasteiger partial charge in [0.2, 0.25) is 0 Å². The SMILES string of the molecule is COn1c(=O)n2c3c(cccc31)C[C@@H](N(C)C(=O)Oc1ccccc1)C2. The summed E-state index contributed by atoms with van der Waals surface area (Å²) in [6.45, 7) is 0.392. The number of likely N-dealkylation sites (N-methyl/N-ethyl adjacent to an activating group) is 1. The first-order valence-corrected chi connectivity index (χ1v) is 8.37. The molecule has 2 aromatic carbocycles. The number of amides is 1. The van der Waals surface area contributed by atoms with Crippen molar-refractivity contribution < 1.29 is 14.4 Å². The number of para-hydroxylation sites is 2. The molecule has 0 bridgehead atoms. The summed E-state index contributed by atoms with van der Waals surface area (Å²) in [5.74, 6) is 0.491. The van der Waals surface area contributed by atoms with Gasteiger partial charge in [-0.2, -0.15) is 0 Å². The first kappa shape index (κ1) is 16.3. The Hall–Kier alpha value is -3.22. The second kappa shape index (κ2) is 6.25. The summed E-state index contributed by atoms with van der Waals surface area (Å²) in [4.78, 5) is 31.9. The minimum absolute atomic E-state index is 0.185. The Labute approximate surface area is 149 Å². The molecule has 0 radical (unpaired) electrons. The Bertz CT molecular complexity index is 1020. The van der Waals surface area contributed by atoms with Crippen LogP contribution >= 0.6 is 0 Å². The third-order valence-corrected chi connectivity index (χ3v) is 4.81. The van der Waals surface area contributed by atoms with E-state index < -0.39 is 6.09 Å². The average molecular weight is 353 g/mol. The number of benzene rings is 2. The number of aromatic nitrogens is 2. The predicted octanol–water partition coefficient (Wildman–Crippen LogP) is 1.92. The number of carbonyl (C=O) groups excluding carboxylic acids is 1. The van der Waals surface area contributed by atoms with Gasteiger partial charge in [0, 0.05) is 13.6 Å². The Morgan fingerprint density at radius 1 is 1.15 bits per heavy atom. The molecule has 26 heavy (non-hydrogen) atoms. The Kier molecular flexibility index (Phi) is 3.91. The molecule has 0 unspecified atom stereocenters. The molecule has 1 aromatic heterocycles. The van der Waals surface area contributed by atoms with Crippen LogP contribution in [0.1, 0.15) is 5.56 Å². The molecule has 0 fully saturated rings. The fourth-order valence-electron chi connectivity index (χ4n) is 3.47. The molecule has 0 spiro atoms. The number of hydrogen-bond acceptors (Lipinski definition) is 4. The van der Waals surface area contributed by atoms with Crippen molar-refractivity contribution >= 4 is 17.1 Å². The molecule has 2 heterocycles. The minimum Gasteiger partial charge on any atom is -0.412 e. The number of imidazole rings is 1. The maximum Gasteiger partial charge on any atom is 0.415 e. The third kappa shape index (κ3) is 2.52. The van der Waals surface area contributed by atoms with Gasteiger partial charge in [-0.25, -0.2) is 9.59 Å². The molecule has 1 aliphatic rings. The van der Waals surface area contributed by atoms with E-state index in [1.165, 1.54) is 11.8 Å². The lowest BCUT2D eigenvalue weighted by molar-refractivity contribution is 0.136. The molecular formula is C19H19N3O4. The lowest BCUT2D eigenvalue weighted by Gasteiger charge is -2.31. The zero-order valence-corrected chi connectivity index (χ0v) is 14.6. The Morgan fingerprint density at radius 3 is 2.65 bits per heavy atom. The molecule has 0 N–H and O–H groups in total. The summed E-state index contributed by atoms with van der Waals surface area (Å²) in [7, 11) is 3.16. The number of ether oxygens (including phenoxy) is 1. The second-order valence-electron chi connectivity index (χ2n) is 6.30. The number of rotatable bonds is 3. The molecule has 0 saturated carbocycles. The van der Waals surface area contributed by atoms with Crippen LogP contribution in [-0.4, -0.2) is 40.5 Å². The highest BCUT2D eigenvalue weighted by Crippen LogP contribution is 2.26. The lowest BCUT2D eigenvalue weighted by Crippen LogP contribution is -2.46. The molecule has 7 heteroatoms. The van der Waals surface area contributed by atoms with E-state index in [4.69, 9.17) is 9.57 Å². The summed E-state index contributed by atoms with van der Waals surface area (Å²) >= 11 is 0. The van der Waals surface area contributed by atoms with Crippen molar-refractivity contribution in [2.45, 2.75) is 19.0 Å². The van der Waals surface area contributed by atoms with E-state index in [9.17, 15) is 9.59 Å². The van der Waals surface area contributed by atoms with Gasteiger partial charge in [0.25, 0.3) is 0 Å². The van der Waals surface area contributed by atoms with Crippen LogP contribution in [0, 0.1) is 0 Å². The van der Waals surface area contributed by atoms with Crippen molar-refractivity contribution in [3.63, 3.8) is 0 Å². The molecule has 0 saturated heterocycles. The monoisotopic (exact) mass is 353 g/mol. The van der Waals surface area contributed by atoms with E-state index >= 15 is 0 Å². The molecule has 134 valence electrons. The van der Waals surface area contributed by atoms with Crippen molar-refractivity contribution in [1.29, 1.82) is 0 Å². The maximum absolute atomic E-state index is 12.6. The van der Waals surface area contributed by atoms with Gasteiger partial charge in [0.15, 0.2) is 0 Å². The van der Waals surface area contributed by atoms with Crippen molar-refractivity contribution in [3.8, 4) is 5.75 Å². The van der Waals surface area contributed by atoms with Gasteiger partial charge in [-0.05, 0) is 30.2 Å². The van der Waals surface area contributed by atoms with Crippen molar-refractivity contribution in [1.82, 2.24) is 14.2 Å². The van der Waals surface area contributed by atoms with E-state index in [1.54, 1.807) is 28.6 Å². The van der Waals surface area contributed by atoms with Crippen LogP contribution in [0.15, 0.2) is 53.3 Å². The van der Waals surface area contributed by atoms with Crippen molar-refractivity contribution in [2.75, 3.05) is 14.2 Å². The lowest BCUT2D eigenvalue weighted by atomic mass is 10.00. The predicted molar refractivity (Wildman–Crippen MR) is 96.4 cm³/mol. The van der Waals surface area contributed by atoms with E-state index in [2.05, 4.69) is 0 Å². The molecule has 1 aliphatic heterocycles. The highest BCUT2D eigenvalue weighted by atomic mass is 16.7. The number of carbonyl (C=O) groups is 1. The summed E-state index contributed by atoms with van der Waals surface area (Å²) in [6, 6.07) is 14.5. The third-order valence-electron chi connectivity index (χ3n) is 4.81. The summed E-state index contributed by atoms with van der Waals surface area (Å²) in [5.41, 5.74) is 2.36. The van der Waals surface area contributed by atoms with Gasteiger partial charge in [0.1, 0.15) is 18.4 Å². The fourth-order valence-corrected chi connectivity index (χ4v) is 3.47. The fraction of sp³-hybridized carbons (Fsp3) is 0.263. The average Bonchev–Trinajstić information content (AvgIpc) is 2.94. The summed E-state index contributed by atoms with van der Waals surface area (Å²) in [5, 5.41) is 0. The smallest absolute Gasteiger partial charge is 0.412 e. The minimum atomic E-state index is -0.448. The summed E-state index contributed by atoms with van der Waals surface area (Å²) < 4.78 is 8.36. The van der Waals surface area contributed by atoms with Crippen LogP contribution in [0.2, 0.25) is 0 Å². The van der Waals surface area contributed by atoms with Gasteiger partial charge >= 0.3 is 11.8 Å². The Morgan fingerprint density at radius 2 is 1.92 bits per heavy atom. The van der Waals surface area contributed by atoms with Gasteiger partial charge in [-0.3, -0.25) is 4.57 Å². The molecule has 3 aromatic rings. The topological polar surface area (TPSA) is 65.7 Å². The molecule has 1 atom stereocenters. The second-order valence-corrected chi connectivity index (χ2v) is 6.30. The van der Waals surface area contributed by atoms with Gasteiger partial charge in [-0.1, -0.05) is 30.3 Å². The highest BCUT2D eigenvalue weighted by Gasteiger charge is 2.30. The van der Waals surface area contributed by atoms with Crippen LogP contribution in [0.4, 0.5) is 4.79 Å². The van der Waals surface area contributed by atoms with E-state index in [-0.39, 0.29) is 11.7 Å². The van der Waals surface area contributed by atoms with Gasteiger partial charge in [0.05, 0.1) is 11.6 Å². The van der Waals surface area contributed by atoms with E-state index in [0.717, 1.165) is 16.6 Å². The first-order valence-electron chi connectivity index (χ1n) is 8.37. The van der Waals surface area contributed by atoms with E-state index in [1.807, 2.05) is 36.4 Å². The molecule has 0 aliphatic carbocycles. The maximum atomic E-state index is 12.6. The molecule has 4 rings (SSSR count). The normalized spacial score (nSPS) is 15.7. The molecule has 7 nitrogen and oxygen atoms in total. The van der Waals surface area contributed by atoms with E-state index in [0.29, 0.717) is 18.7 Å². The summed E-state index contributed by atoms with van der Waals surface area (Å²) in [6.07, 6.45) is 0.196. The largest absolute Gasteiger partial charge is 0.415 e. The van der Waals surface area contributed by atoms with Crippen molar-refractivity contribution in [3.05, 3.63) is 64.6 Å². The number of hydrogen-bond donors (Lipinski definition) is 0. The zero-order valence-electron chi connectivity index (χ0n) is 14.6. The van der Waals surface area contributed by atoms with Crippen LogP contribution in [0.25, 0.3) is 11.0 Å². The van der Waals surface area contributed by atoms with Gasteiger partial charge in [-0.15, -0.1) is 4.73 Å². The molecule has 1 amide bonds. The van der Waals surface area contributed by atoms with Crippen LogP contribution in [-0.2, 0) is 13.0 Å².